The minimum atomic E-state index is -0.213. The van der Waals surface area contributed by atoms with Crippen molar-refractivity contribution in [1.29, 1.82) is 0 Å². The SMILES string of the molecule is O=C(NCc1ccc(OCc2ccccn2)cc1)c1cc(-c2cccs2)[nH]n1. The molecular weight excluding hydrogens is 372 g/mol. The van der Waals surface area contributed by atoms with Crippen molar-refractivity contribution < 1.29 is 9.53 Å². The highest BCUT2D eigenvalue weighted by Crippen LogP contribution is 2.23. The fourth-order valence-electron chi connectivity index (χ4n) is 2.61. The zero-order valence-corrected chi connectivity index (χ0v) is 15.8. The predicted octanol–water partition coefficient (Wildman–Crippen LogP) is 4.04. The molecule has 0 unspecified atom stereocenters. The molecule has 28 heavy (non-hydrogen) atoms. The Morgan fingerprint density at radius 2 is 2.00 bits per heavy atom. The van der Waals surface area contributed by atoms with Crippen LogP contribution in [0.3, 0.4) is 0 Å². The molecule has 0 aliphatic rings. The summed E-state index contributed by atoms with van der Waals surface area (Å²) in [5, 5.41) is 11.9. The summed E-state index contributed by atoms with van der Waals surface area (Å²) in [4.78, 5) is 17.6. The van der Waals surface area contributed by atoms with Crippen molar-refractivity contribution in [3.63, 3.8) is 0 Å². The van der Waals surface area contributed by atoms with E-state index in [0.29, 0.717) is 18.8 Å². The van der Waals surface area contributed by atoms with Gasteiger partial charge in [0.15, 0.2) is 5.69 Å². The molecule has 1 amide bonds. The molecule has 0 radical (unpaired) electrons. The molecule has 140 valence electrons. The lowest BCUT2D eigenvalue weighted by Crippen LogP contribution is -2.23. The number of rotatable bonds is 7. The van der Waals surface area contributed by atoms with Gasteiger partial charge in [0.2, 0.25) is 0 Å². The number of H-pyrrole nitrogens is 1. The molecule has 0 atom stereocenters. The third kappa shape index (κ3) is 4.44. The van der Waals surface area contributed by atoms with E-state index in [1.807, 2.05) is 60.0 Å². The first-order valence-electron chi connectivity index (χ1n) is 8.77. The normalized spacial score (nSPS) is 10.6. The summed E-state index contributed by atoms with van der Waals surface area (Å²) in [6.45, 7) is 0.837. The summed E-state index contributed by atoms with van der Waals surface area (Å²) in [6.07, 6.45) is 1.74. The Labute approximate surface area is 166 Å². The third-order valence-corrected chi connectivity index (χ3v) is 4.99. The van der Waals surface area contributed by atoms with Crippen LogP contribution < -0.4 is 10.1 Å². The Morgan fingerprint density at radius 1 is 1.11 bits per heavy atom. The molecule has 0 saturated carbocycles. The van der Waals surface area contributed by atoms with Crippen molar-refractivity contribution in [1.82, 2.24) is 20.5 Å². The van der Waals surface area contributed by atoms with Gasteiger partial charge in [-0.05, 0) is 47.3 Å². The number of ether oxygens (including phenoxy) is 1. The molecular formula is C21H18N4O2S. The number of thiophene rings is 1. The van der Waals surface area contributed by atoms with E-state index in [2.05, 4.69) is 20.5 Å². The highest BCUT2D eigenvalue weighted by molar-refractivity contribution is 7.13. The number of nitrogens with one attached hydrogen (secondary N) is 2. The number of nitrogens with zero attached hydrogens (tertiary/aromatic N) is 2. The van der Waals surface area contributed by atoms with Gasteiger partial charge in [0.25, 0.3) is 5.91 Å². The van der Waals surface area contributed by atoms with Crippen LogP contribution in [0.1, 0.15) is 21.7 Å². The molecule has 0 aliphatic carbocycles. The topological polar surface area (TPSA) is 79.9 Å². The van der Waals surface area contributed by atoms with Crippen LogP contribution in [-0.2, 0) is 13.2 Å². The summed E-state index contributed by atoms with van der Waals surface area (Å²) >= 11 is 1.60. The Hall–Kier alpha value is -3.45. The van der Waals surface area contributed by atoms with Crippen LogP contribution in [-0.4, -0.2) is 21.1 Å². The fourth-order valence-corrected chi connectivity index (χ4v) is 3.31. The van der Waals surface area contributed by atoms with Gasteiger partial charge >= 0.3 is 0 Å². The number of carbonyl (C=O) groups is 1. The van der Waals surface area contributed by atoms with Crippen LogP contribution in [0.2, 0.25) is 0 Å². The highest BCUT2D eigenvalue weighted by atomic mass is 32.1. The van der Waals surface area contributed by atoms with Crippen LogP contribution in [0, 0.1) is 0 Å². The first-order valence-corrected chi connectivity index (χ1v) is 9.65. The molecule has 0 fully saturated rings. The van der Waals surface area contributed by atoms with Crippen molar-refractivity contribution in [2.45, 2.75) is 13.2 Å². The molecule has 1 aromatic carbocycles. The maximum atomic E-state index is 12.3. The molecule has 3 aromatic heterocycles. The summed E-state index contributed by atoms with van der Waals surface area (Å²) < 4.78 is 5.72. The molecule has 0 aliphatic heterocycles. The third-order valence-electron chi connectivity index (χ3n) is 4.09. The number of aromatic nitrogens is 3. The van der Waals surface area contributed by atoms with Crippen LogP contribution in [0.5, 0.6) is 5.75 Å². The van der Waals surface area contributed by atoms with Gasteiger partial charge in [-0.3, -0.25) is 14.9 Å². The standard InChI is InChI=1S/C21H18N4O2S/c26-21(19-12-18(24-25-19)20-5-3-11-28-20)23-13-15-6-8-17(9-7-15)27-14-16-4-1-2-10-22-16/h1-12H,13-14H2,(H,23,26)(H,24,25). The van der Waals surface area contributed by atoms with Crippen LogP contribution >= 0.6 is 11.3 Å². The maximum absolute atomic E-state index is 12.3. The summed E-state index contributed by atoms with van der Waals surface area (Å²) in [7, 11) is 0. The lowest BCUT2D eigenvalue weighted by Gasteiger charge is -2.07. The minimum absolute atomic E-state index is 0.213. The molecule has 2 N–H and O–H groups in total. The largest absolute Gasteiger partial charge is 0.487 e. The van der Waals surface area contributed by atoms with Crippen molar-refractivity contribution in [2.75, 3.05) is 0 Å². The van der Waals surface area contributed by atoms with E-state index in [9.17, 15) is 4.79 Å². The first-order chi connectivity index (χ1) is 13.8. The van der Waals surface area contributed by atoms with E-state index in [1.165, 1.54) is 0 Å². The van der Waals surface area contributed by atoms with E-state index in [-0.39, 0.29) is 5.91 Å². The predicted molar refractivity (Wildman–Crippen MR) is 108 cm³/mol. The summed E-state index contributed by atoms with van der Waals surface area (Å²) in [6, 6.07) is 19.0. The number of hydrogen-bond acceptors (Lipinski definition) is 5. The van der Waals surface area contributed by atoms with Gasteiger partial charge in [-0.1, -0.05) is 24.3 Å². The minimum Gasteiger partial charge on any atom is -0.487 e. The zero-order valence-electron chi connectivity index (χ0n) is 15.0. The number of aromatic amines is 1. The second kappa shape index (κ2) is 8.49. The second-order valence-corrected chi connectivity index (χ2v) is 7.03. The Bertz CT molecular complexity index is 1030. The van der Waals surface area contributed by atoms with Crippen molar-refractivity contribution in [3.05, 3.63) is 89.2 Å². The molecule has 6 nitrogen and oxygen atoms in total. The van der Waals surface area contributed by atoms with E-state index >= 15 is 0 Å². The first kappa shape index (κ1) is 17.9. The van der Waals surface area contributed by atoms with E-state index < -0.39 is 0 Å². The van der Waals surface area contributed by atoms with Gasteiger partial charge < -0.3 is 10.1 Å². The van der Waals surface area contributed by atoms with Crippen LogP contribution in [0.4, 0.5) is 0 Å². The molecule has 0 saturated heterocycles. The van der Waals surface area contributed by atoms with Gasteiger partial charge in [-0.2, -0.15) is 5.10 Å². The number of amides is 1. The van der Waals surface area contributed by atoms with Crippen LogP contribution in [0.15, 0.2) is 72.2 Å². The highest BCUT2D eigenvalue weighted by Gasteiger charge is 2.11. The zero-order chi connectivity index (χ0) is 19.2. The van der Waals surface area contributed by atoms with Gasteiger partial charge in [0.05, 0.1) is 16.3 Å². The van der Waals surface area contributed by atoms with Crippen molar-refractivity contribution >= 4 is 17.2 Å². The molecule has 4 aromatic rings. The van der Waals surface area contributed by atoms with Crippen molar-refractivity contribution in [2.24, 2.45) is 0 Å². The van der Waals surface area contributed by atoms with E-state index in [4.69, 9.17) is 4.74 Å². The molecule has 0 bridgehead atoms. The summed E-state index contributed by atoms with van der Waals surface area (Å²) in [5.74, 6) is 0.545. The van der Waals surface area contributed by atoms with Crippen LogP contribution in [0.25, 0.3) is 10.6 Å². The van der Waals surface area contributed by atoms with Gasteiger partial charge in [0, 0.05) is 12.7 Å². The number of carbonyl (C=O) groups excluding carboxylic acids is 1. The lowest BCUT2D eigenvalue weighted by molar-refractivity contribution is 0.0946. The average Bonchev–Trinajstić information content (AvgIpc) is 3.44. The maximum Gasteiger partial charge on any atom is 0.272 e. The van der Waals surface area contributed by atoms with E-state index in [0.717, 1.165) is 27.6 Å². The number of hydrogen-bond donors (Lipinski definition) is 2. The van der Waals surface area contributed by atoms with E-state index in [1.54, 1.807) is 23.6 Å². The summed E-state index contributed by atoms with van der Waals surface area (Å²) in [5.41, 5.74) is 3.07. The smallest absolute Gasteiger partial charge is 0.272 e. The molecule has 0 spiro atoms. The monoisotopic (exact) mass is 390 g/mol. The van der Waals surface area contributed by atoms with Gasteiger partial charge in [-0.25, -0.2) is 0 Å². The molecule has 3 heterocycles. The van der Waals surface area contributed by atoms with Crippen molar-refractivity contribution in [3.8, 4) is 16.3 Å². The Kier molecular flexibility index (Phi) is 5.44. The fraction of sp³-hybridized carbons (Fsp3) is 0.0952. The Morgan fingerprint density at radius 3 is 2.75 bits per heavy atom. The molecule has 4 rings (SSSR count). The van der Waals surface area contributed by atoms with Gasteiger partial charge in [0.1, 0.15) is 12.4 Å². The lowest BCUT2D eigenvalue weighted by atomic mass is 10.2. The quantitative estimate of drug-likeness (QED) is 0.499. The van der Waals surface area contributed by atoms with Gasteiger partial charge in [-0.15, -0.1) is 11.3 Å². The second-order valence-electron chi connectivity index (χ2n) is 6.08. The molecule has 7 heteroatoms. The average molecular weight is 390 g/mol. The number of pyridine rings is 1. The number of benzene rings is 1. The Balaban J connectivity index is 1.29.